The third-order valence-electron chi connectivity index (χ3n) is 5.10. The topological polar surface area (TPSA) is 27.7 Å². The lowest BCUT2D eigenvalue weighted by Crippen LogP contribution is -2.41. The van der Waals surface area contributed by atoms with Gasteiger partial charge in [-0.3, -0.25) is 0 Å². The summed E-state index contributed by atoms with van der Waals surface area (Å²) in [5.41, 5.74) is 1.80. The Kier molecular flexibility index (Phi) is 4.65. The van der Waals surface area contributed by atoms with Crippen molar-refractivity contribution in [2.45, 2.75) is 52.4 Å². The predicted molar refractivity (Wildman–Crippen MR) is 97.6 cm³/mol. The summed E-state index contributed by atoms with van der Waals surface area (Å²) in [7, 11) is -0.398. The van der Waals surface area contributed by atoms with Gasteiger partial charge in [0.1, 0.15) is 18.2 Å². The molecular formula is C20H24BFO3. The molecule has 0 spiro atoms. The third-order valence-corrected chi connectivity index (χ3v) is 5.10. The van der Waals surface area contributed by atoms with Gasteiger partial charge in [-0.1, -0.05) is 24.3 Å². The van der Waals surface area contributed by atoms with E-state index in [9.17, 15) is 4.39 Å². The Morgan fingerprint density at radius 2 is 1.64 bits per heavy atom. The van der Waals surface area contributed by atoms with Gasteiger partial charge in [0.25, 0.3) is 0 Å². The molecule has 2 aromatic rings. The molecule has 132 valence electrons. The summed E-state index contributed by atoms with van der Waals surface area (Å²) >= 11 is 0. The molecule has 1 heterocycles. The van der Waals surface area contributed by atoms with E-state index in [1.165, 1.54) is 6.07 Å². The highest BCUT2D eigenvalue weighted by molar-refractivity contribution is 6.62. The zero-order valence-electron chi connectivity index (χ0n) is 15.4. The monoisotopic (exact) mass is 342 g/mol. The molecule has 2 aromatic carbocycles. The van der Waals surface area contributed by atoms with E-state index >= 15 is 0 Å². The van der Waals surface area contributed by atoms with E-state index in [0.29, 0.717) is 11.3 Å². The van der Waals surface area contributed by atoms with Crippen LogP contribution in [0.2, 0.25) is 0 Å². The van der Waals surface area contributed by atoms with Gasteiger partial charge in [0.15, 0.2) is 0 Å². The first-order valence-corrected chi connectivity index (χ1v) is 8.52. The van der Waals surface area contributed by atoms with E-state index in [1.54, 1.807) is 18.2 Å². The summed E-state index contributed by atoms with van der Waals surface area (Å²) in [5, 5.41) is 0. The quantitative estimate of drug-likeness (QED) is 0.786. The lowest BCUT2D eigenvalue weighted by atomic mass is 9.76. The molecule has 1 fully saturated rings. The van der Waals surface area contributed by atoms with Crippen molar-refractivity contribution in [1.82, 2.24) is 0 Å². The van der Waals surface area contributed by atoms with Gasteiger partial charge in [0.2, 0.25) is 0 Å². The fraction of sp³-hybridized carbons (Fsp3) is 0.400. The van der Waals surface area contributed by atoms with Crippen molar-refractivity contribution < 1.29 is 18.4 Å². The number of hydrogen-bond donors (Lipinski definition) is 0. The van der Waals surface area contributed by atoms with Gasteiger partial charge in [0, 0.05) is 5.56 Å². The highest BCUT2D eigenvalue weighted by atomic mass is 19.1. The minimum Gasteiger partial charge on any atom is -0.489 e. The minimum atomic E-state index is -0.398. The summed E-state index contributed by atoms with van der Waals surface area (Å²) in [6.45, 7) is 10.3. The van der Waals surface area contributed by atoms with Crippen molar-refractivity contribution in [3.05, 3.63) is 59.4 Å². The highest BCUT2D eigenvalue weighted by Gasteiger charge is 2.52. The molecule has 25 heavy (non-hydrogen) atoms. The number of benzene rings is 2. The summed E-state index contributed by atoms with van der Waals surface area (Å²) in [5.74, 6) is 0.439. The average molecular weight is 342 g/mol. The lowest BCUT2D eigenvalue weighted by molar-refractivity contribution is 0.00578. The molecule has 0 aliphatic carbocycles. The van der Waals surface area contributed by atoms with Crippen molar-refractivity contribution in [3.63, 3.8) is 0 Å². The zero-order valence-corrected chi connectivity index (χ0v) is 15.4. The normalized spacial score (nSPS) is 18.4. The van der Waals surface area contributed by atoms with E-state index in [2.05, 4.69) is 0 Å². The molecular weight excluding hydrogens is 318 g/mol. The van der Waals surface area contributed by atoms with E-state index in [0.717, 1.165) is 11.0 Å². The first kappa shape index (κ1) is 18.0. The van der Waals surface area contributed by atoms with Crippen molar-refractivity contribution >= 4 is 12.6 Å². The molecule has 3 nitrogen and oxygen atoms in total. The van der Waals surface area contributed by atoms with Crippen molar-refractivity contribution in [2.75, 3.05) is 0 Å². The van der Waals surface area contributed by atoms with Crippen LogP contribution in [0, 0.1) is 12.7 Å². The number of aryl methyl sites for hydroxylation is 1. The number of ether oxygens (including phenoxy) is 1. The van der Waals surface area contributed by atoms with Crippen LogP contribution in [0.4, 0.5) is 4.39 Å². The smallest absolute Gasteiger partial charge is 0.489 e. The maximum atomic E-state index is 13.7. The molecule has 0 amide bonds. The molecule has 0 atom stereocenters. The van der Waals surface area contributed by atoms with Crippen LogP contribution in [0.15, 0.2) is 42.5 Å². The zero-order chi connectivity index (χ0) is 18.2. The van der Waals surface area contributed by atoms with Gasteiger partial charge < -0.3 is 14.0 Å². The second-order valence-corrected chi connectivity index (χ2v) is 7.49. The van der Waals surface area contributed by atoms with Crippen molar-refractivity contribution in [2.24, 2.45) is 0 Å². The predicted octanol–water partition coefficient (Wildman–Crippen LogP) is 4.01. The largest absolute Gasteiger partial charge is 0.495 e. The van der Waals surface area contributed by atoms with Crippen LogP contribution in [0.25, 0.3) is 0 Å². The van der Waals surface area contributed by atoms with Crippen LogP contribution < -0.4 is 10.2 Å². The lowest BCUT2D eigenvalue weighted by Gasteiger charge is -2.32. The van der Waals surface area contributed by atoms with Gasteiger partial charge in [0.05, 0.1) is 11.2 Å². The van der Waals surface area contributed by atoms with Gasteiger partial charge in [-0.15, -0.1) is 0 Å². The Morgan fingerprint density at radius 3 is 2.24 bits per heavy atom. The fourth-order valence-electron chi connectivity index (χ4n) is 2.75. The van der Waals surface area contributed by atoms with E-state index in [1.807, 2.05) is 52.8 Å². The summed E-state index contributed by atoms with van der Waals surface area (Å²) < 4.78 is 31.6. The summed E-state index contributed by atoms with van der Waals surface area (Å²) in [6, 6.07) is 12.4. The molecule has 5 heteroatoms. The van der Waals surface area contributed by atoms with Gasteiger partial charge >= 0.3 is 7.12 Å². The van der Waals surface area contributed by atoms with Crippen LogP contribution in [0.5, 0.6) is 5.75 Å². The Labute approximate surface area is 149 Å². The maximum Gasteiger partial charge on any atom is 0.495 e. The molecule has 0 bridgehead atoms. The SMILES string of the molecule is Cc1cc(OCc2ccccc2F)ccc1B1OC(C)(C)C(C)(C)O1. The molecule has 1 saturated heterocycles. The maximum absolute atomic E-state index is 13.7. The van der Waals surface area contributed by atoms with Crippen LogP contribution in [-0.4, -0.2) is 18.3 Å². The fourth-order valence-corrected chi connectivity index (χ4v) is 2.75. The summed E-state index contributed by atoms with van der Waals surface area (Å²) in [4.78, 5) is 0. The van der Waals surface area contributed by atoms with E-state index in [4.69, 9.17) is 14.0 Å². The Bertz CT molecular complexity index is 757. The Hall–Kier alpha value is -1.85. The van der Waals surface area contributed by atoms with Gasteiger partial charge in [-0.05, 0) is 63.8 Å². The van der Waals surface area contributed by atoms with E-state index in [-0.39, 0.29) is 23.6 Å². The summed E-state index contributed by atoms with van der Waals surface area (Å²) in [6.07, 6.45) is 0. The van der Waals surface area contributed by atoms with Crippen LogP contribution in [-0.2, 0) is 15.9 Å². The van der Waals surface area contributed by atoms with Crippen LogP contribution >= 0.6 is 0 Å². The van der Waals surface area contributed by atoms with Crippen LogP contribution in [0.3, 0.4) is 0 Å². The molecule has 0 unspecified atom stereocenters. The molecule has 0 radical (unpaired) electrons. The minimum absolute atomic E-state index is 0.196. The highest BCUT2D eigenvalue weighted by Crippen LogP contribution is 2.36. The molecule has 1 aliphatic heterocycles. The molecule has 0 saturated carbocycles. The van der Waals surface area contributed by atoms with Crippen molar-refractivity contribution in [1.29, 1.82) is 0 Å². The first-order chi connectivity index (χ1) is 11.7. The van der Waals surface area contributed by atoms with Crippen LogP contribution in [0.1, 0.15) is 38.8 Å². The standard InChI is InChI=1S/C20H24BFO3/c1-14-12-16(23-13-15-8-6-7-9-18(15)22)10-11-17(14)21-24-19(2,3)20(4,5)25-21/h6-12H,13H2,1-5H3. The number of halogens is 1. The molecule has 3 rings (SSSR count). The third kappa shape index (κ3) is 3.58. The Balaban J connectivity index is 1.73. The number of rotatable bonds is 4. The second kappa shape index (κ2) is 6.47. The molecule has 1 aliphatic rings. The molecule has 0 N–H and O–H groups in total. The van der Waals surface area contributed by atoms with Crippen molar-refractivity contribution in [3.8, 4) is 5.75 Å². The van der Waals surface area contributed by atoms with Gasteiger partial charge in [-0.2, -0.15) is 0 Å². The number of hydrogen-bond acceptors (Lipinski definition) is 3. The molecule has 0 aromatic heterocycles. The van der Waals surface area contributed by atoms with E-state index < -0.39 is 7.12 Å². The second-order valence-electron chi connectivity index (χ2n) is 7.49. The average Bonchev–Trinajstić information content (AvgIpc) is 2.74. The Morgan fingerprint density at radius 1 is 1.00 bits per heavy atom. The van der Waals surface area contributed by atoms with Gasteiger partial charge in [-0.25, -0.2) is 4.39 Å². The first-order valence-electron chi connectivity index (χ1n) is 8.52.